The van der Waals surface area contributed by atoms with E-state index < -0.39 is 0 Å². The van der Waals surface area contributed by atoms with Crippen molar-refractivity contribution < 1.29 is 19.1 Å². The molecule has 0 aliphatic heterocycles. The van der Waals surface area contributed by atoms with Gasteiger partial charge in [-0.25, -0.2) is 4.39 Å². The van der Waals surface area contributed by atoms with Crippen LogP contribution in [-0.2, 0) is 24.3 Å². The molecular weight excluding hydrogens is 467 g/mol. The summed E-state index contributed by atoms with van der Waals surface area (Å²) < 4.78 is 14.2. The van der Waals surface area contributed by atoms with E-state index in [1.54, 1.807) is 42.5 Å². The van der Waals surface area contributed by atoms with Crippen LogP contribution in [0.5, 0.6) is 5.75 Å². The first kappa shape index (κ1) is 25.6. The molecule has 0 saturated carbocycles. The smallest absolute Gasteiger partial charge is 0.252 e. The van der Waals surface area contributed by atoms with E-state index in [0.29, 0.717) is 30.5 Å². The summed E-state index contributed by atoms with van der Waals surface area (Å²) in [4.78, 5) is 25.6. The first-order valence-electron chi connectivity index (χ1n) is 12.2. The standard InChI is InChI=1S/C31H29FN2O3/c1-21-10-14-24(29(32)18-21)20-34-31(37)28-9-5-4-8-27(28)26-7-3-2-6-23(26)19-33-30(36)17-13-22-11-15-25(35)16-12-22/h2-12,14-16,18,35H,13,17,19-20H2,1H3,(H,33,36)(H,34,37). The molecule has 0 atom stereocenters. The number of halogens is 1. The van der Waals surface area contributed by atoms with E-state index in [1.807, 2.05) is 49.4 Å². The zero-order valence-electron chi connectivity index (χ0n) is 20.6. The van der Waals surface area contributed by atoms with Crippen molar-refractivity contribution in [3.8, 4) is 16.9 Å². The Kier molecular flexibility index (Phi) is 8.31. The van der Waals surface area contributed by atoms with Gasteiger partial charge in [-0.1, -0.05) is 66.7 Å². The van der Waals surface area contributed by atoms with Crippen molar-refractivity contribution >= 4 is 11.8 Å². The average molecular weight is 497 g/mol. The summed E-state index contributed by atoms with van der Waals surface area (Å²) in [5, 5.41) is 15.2. The Labute approximate surface area is 216 Å². The van der Waals surface area contributed by atoms with Gasteiger partial charge in [-0.3, -0.25) is 9.59 Å². The number of aryl methyl sites for hydroxylation is 2. The van der Waals surface area contributed by atoms with Gasteiger partial charge in [-0.2, -0.15) is 0 Å². The highest BCUT2D eigenvalue weighted by atomic mass is 19.1. The highest BCUT2D eigenvalue weighted by molar-refractivity contribution is 6.01. The van der Waals surface area contributed by atoms with Gasteiger partial charge in [-0.05, 0) is 65.4 Å². The molecule has 188 valence electrons. The molecule has 0 fully saturated rings. The van der Waals surface area contributed by atoms with Crippen LogP contribution in [0.15, 0.2) is 91.0 Å². The van der Waals surface area contributed by atoms with Crippen LogP contribution in [0.1, 0.15) is 39.0 Å². The Morgan fingerprint density at radius 2 is 1.46 bits per heavy atom. The number of carbonyl (C=O) groups excluding carboxylic acids is 2. The molecule has 4 aromatic carbocycles. The highest BCUT2D eigenvalue weighted by Crippen LogP contribution is 2.27. The van der Waals surface area contributed by atoms with Crippen LogP contribution >= 0.6 is 0 Å². The molecule has 3 N–H and O–H groups in total. The summed E-state index contributed by atoms with van der Waals surface area (Å²) in [6.07, 6.45) is 0.889. The van der Waals surface area contributed by atoms with Gasteiger partial charge in [0.25, 0.3) is 5.91 Å². The summed E-state index contributed by atoms with van der Waals surface area (Å²) in [7, 11) is 0. The molecule has 4 aromatic rings. The number of carbonyl (C=O) groups is 2. The van der Waals surface area contributed by atoms with Crippen LogP contribution < -0.4 is 10.6 Å². The number of phenols is 1. The fourth-order valence-electron chi connectivity index (χ4n) is 4.12. The second-order valence-corrected chi connectivity index (χ2v) is 8.92. The number of aromatic hydroxyl groups is 1. The van der Waals surface area contributed by atoms with Gasteiger partial charge in [0.1, 0.15) is 11.6 Å². The zero-order valence-corrected chi connectivity index (χ0v) is 20.6. The van der Waals surface area contributed by atoms with Crippen LogP contribution in [0.3, 0.4) is 0 Å². The largest absolute Gasteiger partial charge is 0.508 e. The lowest BCUT2D eigenvalue weighted by Crippen LogP contribution is -2.25. The Bertz CT molecular complexity index is 1400. The van der Waals surface area contributed by atoms with E-state index in [0.717, 1.165) is 27.8 Å². The van der Waals surface area contributed by atoms with Crippen molar-refractivity contribution in [3.05, 3.63) is 125 Å². The van der Waals surface area contributed by atoms with Crippen molar-refractivity contribution in [1.82, 2.24) is 10.6 Å². The molecule has 37 heavy (non-hydrogen) atoms. The first-order valence-corrected chi connectivity index (χ1v) is 12.2. The summed E-state index contributed by atoms with van der Waals surface area (Å²) in [6.45, 7) is 2.21. The highest BCUT2D eigenvalue weighted by Gasteiger charge is 2.16. The topological polar surface area (TPSA) is 78.4 Å². The van der Waals surface area contributed by atoms with Crippen molar-refractivity contribution in [2.75, 3.05) is 0 Å². The number of nitrogens with one attached hydrogen (secondary N) is 2. The van der Waals surface area contributed by atoms with E-state index in [2.05, 4.69) is 10.6 Å². The van der Waals surface area contributed by atoms with Gasteiger partial charge >= 0.3 is 0 Å². The molecular formula is C31H29FN2O3. The second kappa shape index (κ2) is 12.0. The van der Waals surface area contributed by atoms with Crippen LogP contribution in [0.2, 0.25) is 0 Å². The minimum Gasteiger partial charge on any atom is -0.508 e. The maximum absolute atomic E-state index is 14.2. The molecule has 0 aliphatic carbocycles. The number of hydrogen-bond acceptors (Lipinski definition) is 3. The van der Waals surface area contributed by atoms with E-state index >= 15 is 0 Å². The monoisotopic (exact) mass is 496 g/mol. The third-order valence-electron chi connectivity index (χ3n) is 6.18. The zero-order chi connectivity index (χ0) is 26.2. The fourth-order valence-corrected chi connectivity index (χ4v) is 4.12. The molecule has 0 aliphatic rings. The Morgan fingerprint density at radius 1 is 0.784 bits per heavy atom. The van der Waals surface area contributed by atoms with Crippen molar-refractivity contribution in [2.24, 2.45) is 0 Å². The molecule has 4 rings (SSSR count). The predicted molar refractivity (Wildman–Crippen MR) is 142 cm³/mol. The van der Waals surface area contributed by atoms with Crippen LogP contribution in [0.4, 0.5) is 4.39 Å². The molecule has 2 amide bonds. The molecule has 0 bridgehead atoms. The lowest BCUT2D eigenvalue weighted by molar-refractivity contribution is -0.121. The van der Waals surface area contributed by atoms with Gasteiger partial charge in [-0.15, -0.1) is 0 Å². The Morgan fingerprint density at radius 3 is 2.22 bits per heavy atom. The molecule has 0 unspecified atom stereocenters. The van der Waals surface area contributed by atoms with Crippen LogP contribution in [0, 0.1) is 12.7 Å². The number of phenolic OH excluding ortho intramolecular Hbond substituents is 1. The quantitative estimate of drug-likeness (QED) is 0.279. The van der Waals surface area contributed by atoms with Gasteiger partial charge in [0.05, 0.1) is 0 Å². The normalized spacial score (nSPS) is 10.6. The number of amides is 2. The Balaban J connectivity index is 1.44. The van der Waals surface area contributed by atoms with E-state index in [-0.39, 0.29) is 29.9 Å². The number of rotatable bonds is 9. The second-order valence-electron chi connectivity index (χ2n) is 8.92. The first-order chi connectivity index (χ1) is 17.9. The lowest BCUT2D eigenvalue weighted by atomic mass is 9.94. The molecule has 6 heteroatoms. The van der Waals surface area contributed by atoms with E-state index in [4.69, 9.17) is 0 Å². The number of benzene rings is 4. The molecule has 0 aromatic heterocycles. The minimum absolute atomic E-state index is 0.0814. The summed E-state index contributed by atoms with van der Waals surface area (Å²) in [5.41, 5.74) is 5.14. The van der Waals surface area contributed by atoms with Crippen molar-refractivity contribution in [1.29, 1.82) is 0 Å². The molecule has 5 nitrogen and oxygen atoms in total. The van der Waals surface area contributed by atoms with Crippen molar-refractivity contribution in [3.63, 3.8) is 0 Å². The maximum atomic E-state index is 14.2. The third kappa shape index (κ3) is 6.82. The van der Waals surface area contributed by atoms with Gasteiger partial charge in [0, 0.05) is 30.6 Å². The number of hydrogen-bond donors (Lipinski definition) is 3. The molecule has 0 radical (unpaired) electrons. The van der Waals surface area contributed by atoms with Gasteiger partial charge in [0.15, 0.2) is 0 Å². The fraction of sp³-hybridized carbons (Fsp3) is 0.161. The maximum Gasteiger partial charge on any atom is 0.252 e. The lowest BCUT2D eigenvalue weighted by Gasteiger charge is -2.15. The van der Waals surface area contributed by atoms with E-state index in [9.17, 15) is 19.1 Å². The summed E-state index contributed by atoms with van der Waals surface area (Å²) in [5.74, 6) is -0.543. The summed E-state index contributed by atoms with van der Waals surface area (Å²) >= 11 is 0. The van der Waals surface area contributed by atoms with Crippen LogP contribution in [-0.4, -0.2) is 16.9 Å². The predicted octanol–water partition coefficient (Wildman–Crippen LogP) is 5.69. The van der Waals surface area contributed by atoms with E-state index in [1.165, 1.54) is 6.07 Å². The molecule has 0 spiro atoms. The summed E-state index contributed by atoms with van der Waals surface area (Å²) in [6, 6.07) is 26.6. The SMILES string of the molecule is Cc1ccc(CNC(=O)c2ccccc2-c2ccccc2CNC(=O)CCc2ccc(O)cc2)c(F)c1. The van der Waals surface area contributed by atoms with Gasteiger partial charge < -0.3 is 15.7 Å². The third-order valence-corrected chi connectivity index (χ3v) is 6.18. The Hall–Kier alpha value is -4.45. The van der Waals surface area contributed by atoms with Crippen molar-refractivity contribution in [2.45, 2.75) is 32.9 Å². The average Bonchev–Trinajstić information content (AvgIpc) is 2.91. The van der Waals surface area contributed by atoms with Gasteiger partial charge in [0.2, 0.25) is 5.91 Å². The van der Waals surface area contributed by atoms with Crippen LogP contribution in [0.25, 0.3) is 11.1 Å². The molecule has 0 heterocycles. The molecule has 0 saturated heterocycles. The minimum atomic E-state index is -0.347.